The molecule has 0 radical (unpaired) electrons. The van der Waals surface area contributed by atoms with E-state index in [-0.39, 0.29) is 41.4 Å². The summed E-state index contributed by atoms with van der Waals surface area (Å²) in [4.78, 5) is 60.2. The van der Waals surface area contributed by atoms with Gasteiger partial charge in [0.25, 0.3) is 0 Å². The lowest BCUT2D eigenvalue weighted by atomic mass is 9.78. The standard InChI is InChI=1S/C33H38FN5O8S/c1-8-33(16-45-26(44)15-32(6,7)27-19(3)12-18(2)13-22(27)46-20(4)40)23(42)14-25(47-33)39-17-35-28-29(37-31(34)38-30(28)39)36-24(43)10-9-11-48-21(5)41/h1,12-13,17,23,25,42H,9-11,14-16H2,2-7H3,(H,36,37,38,43)/t23-,25+,33+/m0/s1. The molecule has 0 aliphatic carbocycles. The van der Waals surface area contributed by atoms with Crippen LogP contribution >= 0.6 is 11.8 Å². The lowest BCUT2D eigenvalue weighted by molar-refractivity contribution is -0.157. The van der Waals surface area contributed by atoms with Gasteiger partial charge in [0.05, 0.1) is 12.7 Å². The van der Waals surface area contributed by atoms with Crippen LogP contribution in [0.15, 0.2) is 18.5 Å². The van der Waals surface area contributed by atoms with E-state index >= 15 is 0 Å². The van der Waals surface area contributed by atoms with Crippen LogP contribution in [0.1, 0.15) is 76.3 Å². The zero-order chi connectivity index (χ0) is 35.4. The Hall–Kier alpha value is -4.39. The maximum Gasteiger partial charge on any atom is 0.312 e. The van der Waals surface area contributed by atoms with E-state index in [4.69, 9.17) is 20.6 Å². The Morgan fingerprint density at radius 1 is 1.25 bits per heavy atom. The van der Waals surface area contributed by atoms with Crippen molar-refractivity contribution in [1.82, 2.24) is 19.5 Å². The monoisotopic (exact) mass is 683 g/mol. The summed E-state index contributed by atoms with van der Waals surface area (Å²) in [6.45, 7) is 9.64. The fourth-order valence-electron chi connectivity index (χ4n) is 5.77. The predicted octanol–water partition coefficient (Wildman–Crippen LogP) is 4.07. The van der Waals surface area contributed by atoms with Gasteiger partial charge in [-0.15, -0.1) is 6.42 Å². The summed E-state index contributed by atoms with van der Waals surface area (Å²) >= 11 is 1.10. The van der Waals surface area contributed by atoms with Gasteiger partial charge in [0.2, 0.25) is 5.91 Å². The molecule has 0 unspecified atom stereocenters. The van der Waals surface area contributed by atoms with Gasteiger partial charge in [0.15, 0.2) is 27.7 Å². The molecule has 0 bridgehead atoms. The molecule has 3 aromatic rings. The van der Waals surface area contributed by atoms with E-state index in [2.05, 4.69) is 26.2 Å². The summed E-state index contributed by atoms with van der Waals surface area (Å²) in [6, 6.07) is 3.66. The minimum absolute atomic E-state index is 0.0225. The smallest absolute Gasteiger partial charge is 0.312 e. The number of hydrogen-bond donors (Lipinski definition) is 2. The van der Waals surface area contributed by atoms with Crippen molar-refractivity contribution in [1.29, 1.82) is 0 Å². The molecule has 0 saturated carbocycles. The molecule has 1 fully saturated rings. The number of halogens is 1. The van der Waals surface area contributed by atoms with Crippen LogP contribution in [0.3, 0.4) is 0 Å². The summed E-state index contributed by atoms with van der Waals surface area (Å²) in [5.41, 5.74) is -0.112. The van der Waals surface area contributed by atoms with Crippen molar-refractivity contribution < 1.29 is 42.9 Å². The average molecular weight is 684 g/mol. The number of carbonyl (C=O) groups excluding carboxylic acids is 4. The van der Waals surface area contributed by atoms with Gasteiger partial charge in [-0.2, -0.15) is 14.4 Å². The third-order valence-electron chi connectivity index (χ3n) is 7.78. The first kappa shape index (κ1) is 36.4. The summed E-state index contributed by atoms with van der Waals surface area (Å²) < 4.78 is 33.0. The van der Waals surface area contributed by atoms with Gasteiger partial charge in [0, 0.05) is 43.4 Å². The summed E-state index contributed by atoms with van der Waals surface area (Å²) in [5.74, 6) is 1.51. The number of aromatic nitrogens is 4. The van der Waals surface area contributed by atoms with E-state index in [9.17, 15) is 28.7 Å². The molecule has 2 N–H and O–H groups in total. The number of imidazole rings is 1. The first-order valence-electron chi connectivity index (χ1n) is 15.2. The number of esters is 2. The molecular weight excluding hydrogens is 645 g/mol. The van der Waals surface area contributed by atoms with Crippen molar-refractivity contribution in [2.24, 2.45) is 0 Å². The molecule has 1 aliphatic heterocycles. The number of aliphatic hydroxyl groups is 1. The number of benzene rings is 1. The van der Waals surface area contributed by atoms with Crippen LogP contribution in [0.25, 0.3) is 11.2 Å². The normalized spacial score (nSPS) is 19.1. The van der Waals surface area contributed by atoms with E-state index in [0.717, 1.165) is 22.9 Å². The third-order valence-corrected chi connectivity index (χ3v) is 8.68. The van der Waals surface area contributed by atoms with Crippen LogP contribution in [0, 0.1) is 32.3 Å². The van der Waals surface area contributed by atoms with Crippen molar-refractivity contribution in [2.45, 2.75) is 90.6 Å². The number of aliphatic hydroxyl groups excluding tert-OH is 1. The number of thioether (sulfide) groups is 1. The van der Waals surface area contributed by atoms with Crippen molar-refractivity contribution in [3.8, 4) is 18.1 Å². The van der Waals surface area contributed by atoms with Crippen LogP contribution < -0.4 is 10.1 Å². The molecule has 0 spiro atoms. The van der Waals surface area contributed by atoms with Gasteiger partial charge in [0.1, 0.15) is 24.7 Å². The highest BCUT2D eigenvalue weighted by atomic mass is 32.2. The second-order valence-electron chi connectivity index (χ2n) is 12.3. The maximum absolute atomic E-state index is 14.5. The van der Waals surface area contributed by atoms with E-state index < -0.39 is 53.9 Å². The zero-order valence-corrected chi connectivity index (χ0v) is 28.4. The lowest BCUT2D eigenvalue weighted by Gasteiger charge is -2.30. The Labute approximate surface area is 281 Å². The Morgan fingerprint density at radius 2 is 1.98 bits per heavy atom. The molecule has 1 aliphatic rings. The molecule has 1 amide bonds. The molecule has 256 valence electrons. The number of aryl methyl sites for hydroxylation is 2. The molecule has 1 saturated heterocycles. The molecular formula is C33H38FN5O8S. The number of fused-ring (bicyclic) bond motifs is 1. The van der Waals surface area contributed by atoms with Gasteiger partial charge in [-0.1, -0.05) is 37.6 Å². The Kier molecular flexibility index (Phi) is 11.2. The van der Waals surface area contributed by atoms with Gasteiger partial charge in [-0.25, -0.2) is 4.98 Å². The quantitative estimate of drug-likeness (QED) is 0.0923. The van der Waals surface area contributed by atoms with Crippen molar-refractivity contribution >= 4 is 51.7 Å². The highest BCUT2D eigenvalue weighted by Crippen LogP contribution is 2.40. The third kappa shape index (κ3) is 8.36. The first-order chi connectivity index (χ1) is 22.5. The van der Waals surface area contributed by atoms with Gasteiger partial charge in [-0.05, 0) is 37.5 Å². The molecule has 2 aromatic heterocycles. The lowest BCUT2D eigenvalue weighted by Crippen LogP contribution is -2.43. The number of nitrogens with one attached hydrogen (secondary N) is 1. The van der Waals surface area contributed by atoms with Crippen LogP contribution in [0.5, 0.6) is 5.75 Å². The van der Waals surface area contributed by atoms with E-state index in [1.54, 1.807) is 6.07 Å². The molecule has 13 nitrogen and oxygen atoms in total. The van der Waals surface area contributed by atoms with Gasteiger partial charge in [-0.3, -0.25) is 23.7 Å². The summed E-state index contributed by atoms with van der Waals surface area (Å²) in [6.07, 6.45) is 4.00. The Balaban J connectivity index is 1.47. The van der Waals surface area contributed by atoms with Crippen molar-refractivity contribution in [3.63, 3.8) is 0 Å². The topological polar surface area (TPSA) is 172 Å². The number of ether oxygens (including phenoxy) is 3. The number of carbonyl (C=O) groups is 4. The predicted molar refractivity (Wildman–Crippen MR) is 174 cm³/mol. The molecule has 3 heterocycles. The number of hydrogen-bond acceptors (Lipinski definition) is 12. The molecule has 1 aromatic carbocycles. The summed E-state index contributed by atoms with van der Waals surface area (Å²) in [7, 11) is 0. The Bertz CT molecular complexity index is 1790. The van der Waals surface area contributed by atoms with Crippen molar-refractivity contribution in [2.75, 3.05) is 17.7 Å². The second kappa shape index (κ2) is 14.8. The fourth-order valence-corrected chi connectivity index (χ4v) is 6.35. The number of rotatable bonds is 12. The maximum atomic E-state index is 14.5. The number of amides is 1. The second-order valence-corrected chi connectivity index (χ2v) is 13.6. The summed E-state index contributed by atoms with van der Waals surface area (Å²) in [5, 5.41) is 13.5. The fraction of sp³-hybridized carbons (Fsp3) is 0.485. The van der Waals surface area contributed by atoms with Gasteiger partial charge < -0.3 is 24.6 Å². The zero-order valence-electron chi connectivity index (χ0n) is 27.6. The number of terminal acetylenes is 1. The average Bonchev–Trinajstić information content (AvgIpc) is 3.54. The van der Waals surface area contributed by atoms with Crippen molar-refractivity contribution in [3.05, 3.63) is 41.2 Å². The van der Waals surface area contributed by atoms with Crippen LogP contribution in [0.4, 0.5) is 10.2 Å². The highest BCUT2D eigenvalue weighted by Gasteiger charge is 2.49. The Morgan fingerprint density at radius 3 is 2.65 bits per heavy atom. The molecule has 48 heavy (non-hydrogen) atoms. The van der Waals surface area contributed by atoms with Crippen LogP contribution in [-0.2, 0) is 34.1 Å². The SMILES string of the molecule is C#C[C@]1(COC(=O)CC(C)(C)c2c(C)cc(C)cc2OC(C)=O)O[C@@H](n2cnc3c(NC(=O)CCCSC(C)=O)nc(F)nc32)C[C@@H]1O. The molecule has 3 atom stereocenters. The number of anilines is 1. The largest absolute Gasteiger partial charge is 0.461 e. The van der Waals surface area contributed by atoms with E-state index in [1.807, 2.05) is 33.8 Å². The van der Waals surface area contributed by atoms with Crippen LogP contribution in [-0.4, -0.2) is 71.7 Å². The van der Waals surface area contributed by atoms with E-state index in [1.165, 1.54) is 24.7 Å². The number of nitrogens with zero attached hydrogens (tertiary/aromatic N) is 4. The van der Waals surface area contributed by atoms with E-state index in [0.29, 0.717) is 23.5 Å². The minimum Gasteiger partial charge on any atom is -0.461 e. The van der Waals surface area contributed by atoms with Crippen LogP contribution in [0.2, 0.25) is 0 Å². The molecule has 4 rings (SSSR count). The first-order valence-corrected chi connectivity index (χ1v) is 16.2. The van der Waals surface area contributed by atoms with Gasteiger partial charge >= 0.3 is 18.0 Å². The molecule has 15 heteroatoms. The minimum atomic E-state index is -1.75. The highest BCUT2D eigenvalue weighted by molar-refractivity contribution is 8.13.